The molecule has 0 bridgehead atoms. The van der Waals surface area contributed by atoms with Crippen molar-refractivity contribution in [3.05, 3.63) is 58.6 Å². The molecule has 0 aliphatic heterocycles. The van der Waals surface area contributed by atoms with Gasteiger partial charge in [0.05, 0.1) is 0 Å². The van der Waals surface area contributed by atoms with E-state index in [0.717, 1.165) is 11.1 Å². The number of rotatable bonds is 6. The molecule has 0 aromatic heterocycles. The van der Waals surface area contributed by atoms with Crippen LogP contribution in [0.4, 0.5) is 11.4 Å². The molecule has 0 fully saturated rings. The molecule has 2 rings (SSSR count). The first kappa shape index (κ1) is 18.0. The van der Waals surface area contributed by atoms with Crippen molar-refractivity contribution in [1.82, 2.24) is 0 Å². The summed E-state index contributed by atoms with van der Waals surface area (Å²) >= 11 is 6.10. The summed E-state index contributed by atoms with van der Waals surface area (Å²) in [6.07, 6.45) is 1.33. The summed E-state index contributed by atoms with van der Waals surface area (Å²) in [4.78, 5) is 23.7. The second-order valence-corrected chi connectivity index (χ2v) is 5.98. The number of carbonyl (C=O) groups excluding carboxylic acids is 2. The molecule has 0 spiro atoms. The third-order valence-corrected chi connectivity index (χ3v) is 4.06. The molecule has 126 valence electrons. The maximum Gasteiger partial charge on any atom is 0.224 e. The standard InChI is InChI=1S/C19H21ClN2O2/c1-3-18(23)22-17-12-15(10-8-13(17)2)21-19(24)11-9-14-6-4-5-7-16(14)20/h4-8,10,12H,3,9,11H2,1-2H3,(H,21,24)(H,22,23). The number of halogens is 1. The Morgan fingerprint density at radius 1 is 1.04 bits per heavy atom. The predicted octanol–water partition coefficient (Wildman–Crippen LogP) is 4.57. The molecular formula is C19H21ClN2O2. The number of benzene rings is 2. The normalized spacial score (nSPS) is 10.3. The van der Waals surface area contributed by atoms with Gasteiger partial charge in [0, 0.05) is 29.2 Å². The Bertz CT molecular complexity index is 744. The van der Waals surface area contributed by atoms with Gasteiger partial charge in [-0.05, 0) is 42.7 Å². The number of anilines is 2. The van der Waals surface area contributed by atoms with Gasteiger partial charge in [0.25, 0.3) is 0 Å². The monoisotopic (exact) mass is 344 g/mol. The van der Waals surface area contributed by atoms with E-state index in [0.29, 0.717) is 35.7 Å². The van der Waals surface area contributed by atoms with E-state index in [-0.39, 0.29) is 11.8 Å². The molecular weight excluding hydrogens is 324 g/mol. The summed E-state index contributed by atoms with van der Waals surface area (Å²) in [5.74, 6) is -0.146. The molecule has 0 aliphatic rings. The molecule has 5 heteroatoms. The van der Waals surface area contributed by atoms with Crippen LogP contribution in [-0.4, -0.2) is 11.8 Å². The van der Waals surface area contributed by atoms with Gasteiger partial charge in [-0.25, -0.2) is 0 Å². The molecule has 0 saturated carbocycles. The average molecular weight is 345 g/mol. The van der Waals surface area contributed by atoms with Crippen molar-refractivity contribution in [2.75, 3.05) is 10.6 Å². The minimum atomic E-state index is -0.0912. The number of hydrogen-bond acceptors (Lipinski definition) is 2. The SMILES string of the molecule is CCC(=O)Nc1cc(NC(=O)CCc2ccccc2Cl)ccc1C. The zero-order valence-corrected chi connectivity index (χ0v) is 14.6. The fourth-order valence-electron chi connectivity index (χ4n) is 2.25. The quantitative estimate of drug-likeness (QED) is 0.806. The van der Waals surface area contributed by atoms with E-state index in [1.165, 1.54) is 0 Å². The van der Waals surface area contributed by atoms with Crippen LogP contribution in [0.5, 0.6) is 0 Å². The molecule has 0 atom stereocenters. The summed E-state index contributed by atoms with van der Waals surface area (Å²) in [7, 11) is 0. The molecule has 0 aliphatic carbocycles. The minimum Gasteiger partial charge on any atom is -0.326 e. The van der Waals surface area contributed by atoms with Crippen molar-refractivity contribution < 1.29 is 9.59 Å². The number of amides is 2. The molecule has 0 radical (unpaired) electrons. The predicted molar refractivity (Wildman–Crippen MR) is 98.5 cm³/mol. The number of nitrogens with one attached hydrogen (secondary N) is 2. The lowest BCUT2D eigenvalue weighted by Gasteiger charge is -2.11. The van der Waals surface area contributed by atoms with Gasteiger partial charge in [0.2, 0.25) is 11.8 Å². The maximum absolute atomic E-state index is 12.1. The average Bonchev–Trinajstić information content (AvgIpc) is 2.57. The van der Waals surface area contributed by atoms with Crippen LogP contribution in [0.3, 0.4) is 0 Å². The van der Waals surface area contributed by atoms with Gasteiger partial charge in [0.1, 0.15) is 0 Å². The fraction of sp³-hybridized carbons (Fsp3) is 0.263. The third kappa shape index (κ3) is 5.10. The minimum absolute atomic E-state index is 0.0553. The van der Waals surface area contributed by atoms with Gasteiger partial charge >= 0.3 is 0 Å². The van der Waals surface area contributed by atoms with Crippen LogP contribution in [0.15, 0.2) is 42.5 Å². The molecule has 2 aromatic rings. The van der Waals surface area contributed by atoms with Gasteiger partial charge in [-0.1, -0.05) is 42.8 Å². The van der Waals surface area contributed by atoms with Crippen LogP contribution < -0.4 is 10.6 Å². The molecule has 2 aromatic carbocycles. The molecule has 0 heterocycles. The first-order valence-corrected chi connectivity index (χ1v) is 8.31. The second kappa shape index (κ2) is 8.50. The first-order chi connectivity index (χ1) is 11.5. The van der Waals surface area contributed by atoms with E-state index < -0.39 is 0 Å². The number of aryl methyl sites for hydroxylation is 2. The van der Waals surface area contributed by atoms with Gasteiger partial charge in [-0.2, -0.15) is 0 Å². The molecule has 24 heavy (non-hydrogen) atoms. The Balaban J connectivity index is 1.97. The van der Waals surface area contributed by atoms with Crippen molar-refractivity contribution in [1.29, 1.82) is 0 Å². The van der Waals surface area contributed by atoms with Crippen LogP contribution >= 0.6 is 11.6 Å². The molecule has 2 amide bonds. The highest BCUT2D eigenvalue weighted by molar-refractivity contribution is 6.31. The Labute approximate surface area is 147 Å². The lowest BCUT2D eigenvalue weighted by atomic mass is 10.1. The Kier molecular flexibility index (Phi) is 6.38. The zero-order valence-electron chi connectivity index (χ0n) is 13.9. The highest BCUT2D eigenvalue weighted by Crippen LogP contribution is 2.21. The van der Waals surface area contributed by atoms with Crippen LogP contribution in [0.25, 0.3) is 0 Å². The van der Waals surface area contributed by atoms with Crippen molar-refractivity contribution in [3.8, 4) is 0 Å². The highest BCUT2D eigenvalue weighted by Gasteiger charge is 2.08. The molecule has 0 saturated heterocycles. The van der Waals surface area contributed by atoms with Gasteiger partial charge in [-0.15, -0.1) is 0 Å². The van der Waals surface area contributed by atoms with E-state index in [1.807, 2.05) is 43.3 Å². The topological polar surface area (TPSA) is 58.2 Å². The van der Waals surface area contributed by atoms with Gasteiger partial charge in [-0.3, -0.25) is 9.59 Å². The molecule has 0 unspecified atom stereocenters. The summed E-state index contributed by atoms with van der Waals surface area (Å²) in [5.41, 5.74) is 3.28. The van der Waals surface area contributed by atoms with Gasteiger partial charge < -0.3 is 10.6 Å². The summed E-state index contributed by atoms with van der Waals surface area (Å²) in [6.45, 7) is 3.71. The number of carbonyl (C=O) groups is 2. The van der Waals surface area contributed by atoms with E-state index >= 15 is 0 Å². The van der Waals surface area contributed by atoms with Crippen LogP contribution in [0.2, 0.25) is 5.02 Å². The third-order valence-electron chi connectivity index (χ3n) is 3.70. The molecule has 2 N–H and O–H groups in total. The Morgan fingerprint density at radius 2 is 1.79 bits per heavy atom. The Morgan fingerprint density at radius 3 is 2.50 bits per heavy atom. The lowest BCUT2D eigenvalue weighted by Crippen LogP contribution is -2.14. The van der Waals surface area contributed by atoms with E-state index in [9.17, 15) is 9.59 Å². The van der Waals surface area contributed by atoms with E-state index in [4.69, 9.17) is 11.6 Å². The maximum atomic E-state index is 12.1. The summed E-state index contributed by atoms with van der Waals surface area (Å²) in [6, 6.07) is 13.0. The van der Waals surface area contributed by atoms with E-state index in [1.54, 1.807) is 13.0 Å². The lowest BCUT2D eigenvalue weighted by molar-refractivity contribution is -0.116. The molecule has 4 nitrogen and oxygen atoms in total. The van der Waals surface area contributed by atoms with Crippen LogP contribution in [0.1, 0.15) is 30.9 Å². The second-order valence-electron chi connectivity index (χ2n) is 5.57. The van der Waals surface area contributed by atoms with Crippen molar-refractivity contribution in [2.24, 2.45) is 0 Å². The van der Waals surface area contributed by atoms with Crippen molar-refractivity contribution >= 4 is 34.8 Å². The van der Waals surface area contributed by atoms with Crippen molar-refractivity contribution in [2.45, 2.75) is 33.1 Å². The Hall–Kier alpha value is -2.33. The fourth-order valence-corrected chi connectivity index (χ4v) is 2.48. The van der Waals surface area contributed by atoms with E-state index in [2.05, 4.69) is 10.6 Å². The van der Waals surface area contributed by atoms with Crippen LogP contribution in [-0.2, 0) is 16.0 Å². The smallest absolute Gasteiger partial charge is 0.224 e. The van der Waals surface area contributed by atoms with Crippen molar-refractivity contribution in [3.63, 3.8) is 0 Å². The first-order valence-electron chi connectivity index (χ1n) is 7.93. The van der Waals surface area contributed by atoms with Crippen LogP contribution in [0, 0.1) is 6.92 Å². The highest BCUT2D eigenvalue weighted by atomic mass is 35.5. The van der Waals surface area contributed by atoms with Gasteiger partial charge in [0.15, 0.2) is 0 Å². The largest absolute Gasteiger partial charge is 0.326 e. The zero-order chi connectivity index (χ0) is 17.5. The summed E-state index contributed by atoms with van der Waals surface area (Å²) < 4.78 is 0. The number of hydrogen-bond donors (Lipinski definition) is 2. The summed E-state index contributed by atoms with van der Waals surface area (Å²) in [5, 5.41) is 6.36.